The van der Waals surface area contributed by atoms with Crippen LogP contribution in [-0.4, -0.2) is 37.1 Å². The first kappa shape index (κ1) is 17.4. The number of ether oxygens (including phenoxy) is 2. The lowest BCUT2D eigenvalue weighted by Gasteiger charge is -2.19. The molecule has 6 heteroatoms. The number of methoxy groups -OCH3 is 2. The first-order valence-electron chi connectivity index (χ1n) is 7.77. The van der Waals surface area contributed by atoms with E-state index in [-0.39, 0.29) is 5.91 Å². The number of nitrogens with one attached hydrogen (secondary N) is 1. The van der Waals surface area contributed by atoms with Crippen molar-refractivity contribution in [1.29, 1.82) is 0 Å². The van der Waals surface area contributed by atoms with Crippen LogP contribution in [-0.2, 0) is 6.54 Å². The van der Waals surface area contributed by atoms with E-state index < -0.39 is 0 Å². The fraction of sp³-hybridized carbons (Fsp3) is 0.211. The molecule has 0 bridgehead atoms. The molecular formula is C19H19BrN2O3. The van der Waals surface area contributed by atoms with E-state index in [2.05, 4.69) is 20.9 Å². The number of aromatic amines is 1. The Labute approximate surface area is 154 Å². The van der Waals surface area contributed by atoms with Crippen molar-refractivity contribution in [3.8, 4) is 11.5 Å². The van der Waals surface area contributed by atoms with E-state index in [0.29, 0.717) is 23.7 Å². The first-order chi connectivity index (χ1) is 12.0. The monoisotopic (exact) mass is 402 g/mol. The molecule has 0 aliphatic rings. The zero-order valence-electron chi connectivity index (χ0n) is 14.3. The molecule has 0 spiro atoms. The molecule has 1 aromatic heterocycles. The number of hydrogen-bond donors (Lipinski definition) is 1. The van der Waals surface area contributed by atoms with Crippen LogP contribution in [0, 0.1) is 0 Å². The highest BCUT2D eigenvalue weighted by molar-refractivity contribution is 9.10. The Hall–Kier alpha value is -2.47. The predicted molar refractivity (Wildman–Crippen MR) is 101 cm³/mol. The molecule has 1 N–H and O–H groups in total. The lowest BCUT2D eigenvalue weighted by molar-refractivity contribution is 0.0778. The molecule has 0 radical (unpaired) electrons. The Bertz CT molecular complexity index is 920. The third-order valence-corrected chi connectivity index (χ3v) is 4.93. The zero-order chi connectivity index (χ0) is 18.0. The van der Waals surface area contributed by atoms with Gasteiger partial charge in [0.1, 0.15) is 17.2 Å². The molecule has 130 valence electrons. The van der Waals surface area contributed by atoms with Crippen molar-refractivity contribution in [3.05, 3.63) is 58.2 Å². The lowest BCUT2D eigenvalue weighted by Crippen LogP contribution is -2.27. The highest BCUT2D eigenvalue weighted by atomic mass is 79.9. The predicted octanol–water partition coefficient (Wildman–Crippen LogP) is 4.22. The second-order valence-corrected chi connectivity index (χ2v) is 6.49. The van der Waals surface area contributed by atoms with Gasteiger partial charge in [0, 0.05) is 36.1 Å². The number of carbonyl (C=O) groups is 1. The van der Waals surface area contributed by atoms with Gasteiger partial charge >= 0.3 is 0 Å². The van der Waals surface area contributed by atoms with Crippen LogP contribution in [0.1, 0.15) is 16.1 Å². The SMILES string of the molecule is COc1ccc(CN(C)C(=O)c2[nH]c3ccccc3c2Br)c(OC)c1. The Morgan fingerprint density at radius 2 is 1.92 bits per heavy atom. The number of rotatable bonds is 5. The van der Waals surface area contributed by atoms with Crippen molar-refractivity contribution in [2.45, 2.75) is 6.54 Å². The maximum absolute atomic E-state index is 12.9. The summed E-state index contributed by atoms with van der Waals surface area (Å²) in [5.41, 5.74) is 2.37. The third kappa shape index (κ3) is 3.35. The van der Waals surface area contributed by atoms with Crippen LogP contribution in [0.3, 0.4) is 0 Å². The highest BCUT2D eigenvalue weighted by Gasteiger charge is 2.20. The molecule has 0 fully saturated rings. The van der Waals surface area contributed by atoms with Crippen molar-refractivity contribution < 1.29 is 14.3 Å². The lowest BCUT2D eigenvalue weighted by atomic mass is 10.1. The van der Waals surface area contributed by atoms with Crippen LogP contribution in [0.2, 0.25) is 0 Å². The van der Waals surface area contributed by atoms with E-state index in [0.717, 1.165) is 20.9 Å². The van der Waals surface area contributed by atoms with Crippen molar-refractivity contribution in [3.63, 3.8) is 0 Å². The summed E-state index contributed by atoms with van der Waals surface area (Å²) in [5, 5.41) is 0.987. The summed E-state index contributed by atoms with van der Waals surface area (Å²) in [4.78, 5) is 17.7. The van der Waals surface area contributed by atoms with E-state index in [4.69, 9.17) is 9.47 Å². The average molecular weight is 403 g/mol. The molecule has 0 aliphatic carbocycles. The minimum absolute atomic E-state index is 0.0963. The number of fused-ring (bicyclic) bond motifs is 1. The summed E-state index contributed by atoms with van der Waals surface area (Å²) in [6, 6.07) is 13.4. The zero-order valence-corrected chi connectivity index (χ0v) is 15.9. The van der Waals surface area contributed by atoms with Gasteiger partial charge in [-0.1, -0.05) is 18.2 Å². The highest BCUT2D eigenvalue weighted by Crippen LogP contribution is 2.30. The smallest absolute Gasteiger partial charge is 0.271 e. The standard InChI is InChI=1S/C19H19BrN2O3/c1-22(11-12-8-9-13(24-2)10-16(12)25-3)19(23)18-17(20)14-6-4-5-7-15(14)21-18/h4-10,21H,11H2,1-3H3. The van der Waals surface area contributed by atoms with Gasteiger partial charge in [0.05, 0.1) is 18.7 Å². The van der Waals surface area contributed by atoms with E-state index in [1.54, 1.807) is 26.2 Å². The Kier molecular flexibility index (Phi) is 4.99. The summed E-state index contributed by atoms with van der Waals surface area (Å²) < 4.78 is 11.4. The normalized spacial score (nSPS) is 10.7. The molecule has 1 amide bonds. The minimum atomic E-state index is -0.0963. The van der Waals surface area contributed by atoms with E-state index in [1.807, 2.05) is 42.5 Å². The van der Waals surface area contributed by atoms with Crippen molar-refractivity contribution >= 4 is 32.7 Å². The summed E-state index contributed by atoms with van der Waals surface area (Å²) in [5.74, 6) is 1.31. The van der Waals surface area contributed by atoms with Gasteiger partial charge < -0.3 is 19.4 Å². The number of nitrogens with zero attached hydrogens (tertiary/aromatic N) is 1. The molecule has 3 rings (SSSR count). The molecule has 25 heavy (non-hydrogen) atoms. The van der Waals surface area contributed by atoms with Gasteiger partial charge in [-0.05, 0) is 34.1 Å². The Morgan fingerprint density at radius 3 is 2.60 bits per heavy atom. The van der Waals surface area contributed by atoms with Gasteiger partial charge in [-0.2, -0.15) is 0 Å². The van der Waals surface area contributed by atoms with E-state index in [9.17, 15) is 4.79 Å². The topological polar surface area (TPSA) is 54.6 Å². The molecule has 2 aromatic carbocycles. The van der Waals surface area contributed by atoms with Crippen molar-refractivity contribution in [2.24, 2.45) is 0 Å². The van der Waals surface area contributed by atoms with Crippen molar-refractivity contribution in [1.82, 2.24) is 9.88 Å². The third-order valence-electron chi connectivity index (χ3n) is 4.11. The van der Waals surface area contributed by atoms with Gasteiger partial charge in [-0.3, -0.25) is 4.79 Å². The van der Waals surface area contributed by atoms with Gasteiger partial charge in [0.15, 0.2) is 0 Å². The minimum Gasteiger partial charge on any atom is -0.497 e. The van der Waals surface area contributed by atoms with Crippen LogP contribution in [0.25, 0.3) is 10.9 Å². The maximum Gasteiger partial charge on any atom is 0.271 e. The summed E-state index contributed by atoms with van der Waals surface area (Å²) >= 11 is 3.53. The van der Waals surface area contributed by atoms with E-state index in [1.165, 1.54) is 0 Å². The number of aromatic nitrogens is 1. The van der Waals surface area contributed by atoms with Crippen LogP contribution in [0.5, 0.6) is 11.5 Å². The Balaban J connectivity index is 1.86. The number of hydrogen-bond acceptors (Lipinski definition) is 3. The molecule has 3 aromatic rings. The molecule has 0 atom stereocenters. The number of para-hydroxylation sites is 1. The summed E-state index contributed by atoms with van der Waals surface area (Å²) in [6.45, 7) is 0.424. The molecule has 1 heterocycles. The number of carbonyl (C=O) groups excluding carboxylic acids is 1. The second kappa shape index (κ2) is 7.19. The number of amides is 1. The maximum atomic E-state index is 12.9. The van der Waals surface area contributed by atoms with Crippen LogP contribution in [0.4, 0.5) is 0 Å². The molecule has 0 saturated carbocycles. The van der Waals surface area contributed by atoms with Crippen LogP contribution >= 0.6 is 15.9 Å². The number of H-pyrrole nitrogens is 1. The van der Waals surface area contributed by atoms with Gasteiger partial charge in [-0.15, -0.1) is 0 Å². The van der Waals surface area contributed by atoms with Gasteiger partial charge in [-0.25, -0.2) is 0 Å². The van der Waals surface area contributed by atoms with Gasteiger partial charge in [0.2, 0.25) is 0 Å². The average Bonchev–Trinajstić information content (AvgIpc) is 2.98. The molecule has 0 unspecified atom stereocenters. The molecule has 5 nitrogen and oxygen atoms in total. The largest absolute Gasteiger partial charge is 0.497 e. The summed E-state index contributed by atoms with van der Waals surface area (Å²) in [7, 11) is 4.98. The summed E-state index contributed by atoms with van der Waals surface area (Å²) in [6.07, 6.45) is 0. The fourth-order valence-electron chi connectivity index (χ4n) is 2.76. The fourth-order valence-corrected chi connectivity index (χ4v) is 3.37. The van der Waals surface area contributed by atoms with Gasteiger partial charge in [0.25, 0.3) is 5.91 Å². The number of benzene rings is 2. The molecule has 0 aliphatic heterocycles. The Morgan fingerprint density at radius 1 is 1.16 bits per heavy atom. The van der Waals surface area contributed by atoms with Crippen LogP contribution in [0.15, 0.2) is 46.9 Å². The molecular weight excluding hydrogens is 384 g/mol. The molecule has 0 saturated heterocycles. The number of halogens is 1. The quantitative estimate of drug-likeness (QED) is 0.694. The first-order valence-corrected chi connectivity index (χ1v) is 8.57. The second-order valence-electron chi connectivity index (χ2n) is 5.70. The van der Waals surface area contributed by atoms with E-state index >= 15 is 0 Å². The van der Waals surface area contributed by atoms with Crippen molar-refractivity contribution in [2.75, 3.05) is 21.3 Å². The van der Waals surface area contributed by atoms with Crippen LogP contribution < -0.4 is 9.47 Å².